The van der Waals surface area contributed by atoms with Gasteiger partial charge in [0, 0.05) is 13.1 Å². The molecule has 0 amide bonds. The summed E-state index contributed by atoms with van der Waals surface area (Å²) in [5.41, 5.74) is 0. The number of benzene rings is 2. The first-order valence-electron chi connectivity index (χ1n) is 7.40. The van der Waals surface area contributed by atoms with Crippen LogP contribution in [0.3, 0.4) is 0 Å². The zero-order valence-electron chi connectivity index (χ0n) is 12.4. The van der Waals surface area contributed by atoms with E-state index in [2.05, 4.69) is 5.32 Å². The van der Waals surface area contributed by atoms with Gasteiger partial charge in [0.1, 0.15) is 19.3 Å². The lowest BCUT2D eigenvalue weighted by Gasteiger charge is -2.26. The Hall–Kier alpha value is -2.34. The quantitative estimate of drug-likeness (QED) is 0.831. The van der Waals surface area contributed by atoms with E-state index in [0.29, 0.717) is 19.7 Å². The van der Waals surface area contributed by atoms with Crippen LogP contribution >= 0.6 is 0 Å². The fourth-order valence-electron chi connectivity index (χ4n) is 2.27. The number of nitrogens with one attached hydrogen (secondary N) is 1. The molecule has 3 rings (SSSR count). The summed E-state index contributed by atoms with van der Waals surface area (Å²) < 4.78 is 43.3. The van der Waals surface area contributed by atoms with Crippen LogP contribution in [0.15, 0.2) is 42.5 Å². The molecule has 0 aromatic heterocycles. The number of ether oxygens (including phenoxy) is 3. The lowest BCUT2D eigenvalue weighted by Crippen LogP contribution is -2.39. The minimum Gasteiger partial charge on any atom is -0.486 e. The number of hydrogen-bond donors (Lipinski definition) is 1. The van der Waals surface area contributed by atoms with E-state index in [1.807, 2.05) is 24.3 Å². The lowest BCUT2D eigenvalue weighted by molar-refractivity contribution is 0.0896. The fraction of sp³-hybridized carbons (Fsp3) is 0.294. The van der Waals surface area contributed by atoms with Crippen molar-refractivity contribution >= 4 is 0 Å². The Morgan fingerprint density at radius 1 is 1.04 bits per heavy atom. The molecule has 1 heterocycles. The highest BCUT2D eigenvalue weighted by Gasteiger charge is 2.19. The molecular weight excluding hydrogens is 304 g/mol. The molecule has 0 spiro atoms. The third-order valence-corrected chi connectivity index (χ3v) is 3.38. The molecule has 2 aromatic rings. The number of hydrogen-bond acceptors (Lipinski definition) is 4. The Balaban J connectivity index is 1.39. The summed E-state index contributed by atoms with van der Waals surface area (Å²) in [6.45, 7) is 1.60. The Morgan fingerprint density at radius 3 is 2.57 bits per heavy atom. The highest BCUT2D eigenvalue weighted by molar-refractivity contribution is 5.40. The van der Waals surface area contributed by atoms with Crippen LogP contribution in [0.4, 0.5) is 8.78 Å². The smallest absolute Gasteiger partial charge is 0.190 e. The van der Waals surface area contributed by atoms with Crippen LogP contribution in [0, 0.1) is 11.6 Å². The van der Waals surface area contributed by atoms with Crippen LogP contribution in [0.1, 0.15) is 0 Å². The maximum Gasteiger partial charge on any atom is 0.190 e. The number of fused-ring (bicyclic) bond motifs is 1. The summed E-state index contributed by atoms with van der Waals surface area (Å²) in [6, 6.07) is 11.1. The van der Waals surface area contributed by atoms with Gasteiger partial charge in [0.2, 0.25) is 0 Å². The molecule has 2 aromatic carbocycles. The molecule has 122 valence electrons. The maximum absolute atomic E-state index is 13.4. The van der Waals surface area contributed by atoms with Crippen LogP contribution in [0.2, 0.25) is 0 Å². The summed E-state index contributed by atoms with van der Waals surface area (Å²) in [6.07, 6.45) is -0.116. The minimum atomic E-state index is -0.703. The Bertz CT molecular complexity index is 646. The van der Waals surface area contributed by atoms with Crippen molar-refractivity contribution < 1.29 is 23.0 Å². The normalized spacial score (nSPS) is 16.2. The van der Waals surface area contributed by atoms with E-state index in [1.54, 1.807) is 0 Å². The van der Waals surface area contributed by atoms with Gasteiger partial charge in [-0.2, -0.15) is 0 Å². The van der Waals surface area contributed by atoms with Crippen molar-refractivity contribution in [2.24, 2.45) is 0 Å². The van der Waals surface area contributed by atoms with Crippen LogP contribution in [-0.2, 0) is 0 Å². The molecule has 6 heteroatoms. The van der Waals surface area contributed by atoms with Gasteiger partial charge in [0.05, 0.1) is 0 Å². The van der Waals surface area contributed by atoms with E-state index in [4.69, 9.17) is 14.2 Å². The van der Waals surface area contributed by atoms with E-state index in [-0.39, 0.29) is 18.5 Å². The number of para-hydroxylation sites is 3. The molecule has 1 aliphatic rings. The highest BCUT2D eigenvalue weighted by atomic mass is 19.1. The van der Waals surface area contributed by atoms with Crippen LogP contribution in [-0.4, -0.2) is 32.4 Å². The Labute approximate surface area is 133 Å². The maximum atomic E-state index is 13.4. The van der Waals surface area contributed by atoms with E-state index in [1.165, 1.54) is 6.07 Å². The van der Waals surface area contributed by atoms with Crippen LogP contribution in [0.5, 0.6) is 17.2 Å². The Kier molecular flexibility index (Phi) is 4.92. The molecule has 0 bridgehead atoms. The van der Waals surface area contributed by atoms with Crippen molar-refractivity contribution in [2.45, 2.75) is 6.10 Å². The summed E-state index contributed by atoms with van der Waals surface area (Å²) in [5.74, 6) is -0.297. The van der Waals surface area contributed by atoms with Crippen molar-refractivity contribution in [3.63, 3.8) is 0 Å². The average molecular weight is 321 g/mol. The molecule has 0 saturated heterocycles. The number of halogens is 2. The summed E-state index contributed by atoms with van der Waals surface area (Å²) in [4.78, 5) is 0. The number of rotatable bonds is 6. The van der Waals surface area contributed by atoms with Gasteiger partial charge >= 0.3 is 0 Å². The zero-order chi connectivity index (χ0) is 16.1. The van der Waals surface area contributed by atoms with E-state index < -0.39 is 11.6 Å². The summed E-state index contributed by atoms with van der Waals surface area (Å²) in [7, 11) is 0. The van der Waals surface area contributed by atoms with Crippen molar-refractivity contribution in [2.75, 3.05) is 26.3 Å². The van der Waals surface area contributed by atoms with E-state index in [0.717, 1.165) is 23.6 Å². The van der Waals surface area contributed by atoms with Crippen LogP contribution < -0.4 is 19.5 Å². The second-order valence-corrected chi connectivity index (χ2v) is 5.10. The van der Waals surface area contributed by atoms with Gasteiger partial charge in [-0.1, -0.05) is 18.2 Å². The topological polar surface area (TPSA) is 39.7 Å². The standard InChI is InChI=1S/C17H17F2NO3/c18-13-4-3-5-14(19)17(13)21-9-8-20-10-12-11-22-15-6-1-2-7-16(15)23-12/h1-7,12,20H,8-11H2/t12-/m0/s1. The van der Waals surface area contributed by atoms with Crippen molar-refractivity contribution in [1.29, 1.82) is 0 Å². The first-order valence-corrected chi connectivity index (χ1v) is 7.40. The molecule has 0 saturated carbocycles. The monoisotopic (exact) mass is 321 g/mol. The molecule has 0 radical (unpaired) electrons. The molecule has 1 atom stereocenters. The predicted octanol–water partition coefficient (Wildman–Crippen LogP) is 2.77. The van der Waals surface area contributed by atoms with Crippen molar-refractivity contribution in [3.05, 3.63) is 54.1 Å². The van der Waals surface area contributed by atoms with Gasteiger partial charge in [-0.25, -0.2) is 8.78 Å². The molecule has 0 aliphatic carbocycles. The average Bonchev–Trinajstić information content (AvgIpc) is 2.57. The van der Waals surface area contributed by atoms with Gasteiger partial charge in [0.25, 0.3) is 0 Å². The molecule has 0 fully saturated rings. The zero-order valence-corrected chi connectivity index (χ0v) is 12.4. The van der Waals surface area contributed by atoms with Crippen LogP contribution in [0.25, 0.3) is 0 Å². The molecule has 1 N–H and O–H groups in total. The second kappa shape index (κ2) is 7.28. The Morgan fingerprint density at radius 2 is 1.78 bits per heavy atom. The third kappa shape index (κ3) is 3.90. The van der Waals surface area contributed by atoms with Crippen molar-refractivity contribution in [1.82, 2.24) is 5.32 Å². The van der Waals surface area contributed by atoms with Gasteiger partial charge in [-0.3, -0.25) is 0 Å². The van der Waals surface area contributed by atoms with Gasteiger partial charge in [0.15, 0.2) is 28.9 Å². The summed E-state index contributed by atoms with van der Waals surface area (Å²) in [5, 5.41) is 3.12. The molecule has 4 nitrogen and oxygen atoms in total. The largest absolute Gasteiger partial charge is 0.486 e. The highest BCUT2D eigenvalue weighted by Crippen LogP contribution is 2.30. The van der Waals surface area contributed by atoms with Crippen molar-refractivity contribution in [3.8, 4) is 17.2 Å². The molecule has 23 heavy (non-hydrogen) atoms. The molecule has 1 aliphatic heterocycles. The molecular formula is C17H17F2NO3. The fourth-order valence-corrected chi connectivity index (χ4v) is 2.27. The molecule has 0 unspecified atom stereocenters. The SMILES string of the molecule is Fc1cccc(F)c1OCCNC[C@H]1COc2ccccc2O1. The first-order chi connectivity index (χ1) is 11.2. The third-order valence-electron chi connectivity index (χ3n) is 3.38. The first kappa shape index (κ1) is 15.6. The van der Waals surface area contributed by atoms with Gasteiger partial charge in [-0.05, 0) is 24.3 Å². The summed E-state index contributed by atoms with van der Waals surface area (Å²) >= 11 is 0. The van der Waals surface area contributed by atoms with Gasteiger partial charge in [-0.15, -0.1) is 0 Å². The second-order valence-electron chi connectivity index (χ2n) is 5.10. The lowest BCUT2D eigenvalue weighted by atomic mass is 10.2. The van der Waals surface area contributed by atoms with E-state index >= 15 is 0 Å². The minimum absolute atomic E-state index is 0.116. The predicted molar refractivity (Wildman–Crippen MR) is 81.1 cm³/mol. The van der Waals surface area contributed by atoms with E-state index in [9.17, 15) is 8.78 Å². The van der Waals surface area contributed by atoms with Gasteiger partial charge < -0.3 is 19.5 Å².